The third-order valence-electron chi connectivity index (χ3n) is 2.48. The molecule has 0 aliphatic heterocycles. The molecule has 0 aromatic rings. The van der Waals surface area contributed by atoms with E-state index in [1.54, 1.807) is 0 Å². The van der Waals surface area contributed by atoms with Gasteiger partial charge in [-0.1, -0.05) is 76.7 Å². The smallest absolute Gasteiger partial charge is 0.309 e. The topological polar surface area (TPSA) is 0 Å². The van der Waals surface area contributed by atoms with E-state index >= 15 is 0 Å². The quantitative estimate of drug-likeness (QED) is 0.247. The molecule has 0 nitrogen and oxygen atoms in total. The Morgan fingerprint density at radius 1 is 0.889 bits per heavy atom. The summed E-state index contributed by atoms with van der Waals surface area (Å²) in [6, 6.07) is 0. The van der Waals surface area contributed by atoms with E-state index < -0.39 is 18.2 Å². The third kappa shape index (κ3) is 25.6. The first-order valence-corrected chi connectivity index (χ1v) is 11.3. The van der Waals surface area contributed by atoms with Crippen molar-refractivity contribution in [2.24, 2.45) is 0 Å². The third-order valence-corrected chi connectivity index (χ3v) is 2.48. The summed E-state index contributed by atoms with van der Waals surface area (Å²) in [5, 5.41) is 0. The van der Waals surface area contributed by atoms with Gasteiger partial charge in [-0.3, -0.25) is 0 Å². The SMILES string of the molecule is [CH2]CCCCCC/C=C/C=C\CCCC.[Cl][Mg][Cl]. The molecule has 0 N–H and O–H groups in total. The standard InChI is InChI=1S/C15H27.2ClH.Mg/c1-3-5-7-9-11-13-15-14-12-10-8-6-4-2;;;/h10,12,14-15H,1,3-9,11,13H2,2H3;2*1H;/q;;;+2/p-2/b12-10-,15-14+;;;. The summed E-state index contributed by atoms with van der Waals surface area (Å²) in [7, 11) is 9.81. The van der Waals surface area contributed by atoms with Crippen LogP contribution in [0.2, 0.25) is 0 Å². The van der Waals surface area contributed by atoms with Crippen molar-refractivity contribution < 1.29 is 0 Å². The van der Waals surface area contributed by atoms with Crippen LogP contribution in [0.5, 0.6) is 0 Å². The van der Waals surface area contributed by atoms with Crippen molar-refractivity contribution in [3.05, 3.63) is 31.2 Å². The van der Waals surface area contributed by atoms with E-state index in [1.165, 1.54) is 51.4 Å². The van der Waals surface area contributed by atoms with E-state index in [9.17, 15) is 0 Å². The number of halogens is 2. The van der Waals surface area contributed by atoms with Crippen LogP contribution in [0, 0.1) is 6.92 Å². The second kappa shape index (κ2) is 23.0. The summed E-state index contributed by atoms with van der Waals surface area (Å²) in [5.74, 6) is 0. The molecule has 1 radical (unpaired) electrons. The van der Waals surface area contributed by atoms with Gasteiger partial charge < -0.3 is 18.1 Å². The zero-order chi connectivity index (χ0) is 13.9. The molecule has 0 amide bonds. The molecule has 0 rings (SSSR count). The lowest BCUT2D eigenvalue weighted by Gasteiger charge is -1.95. The van der Waals surface area contributed by atoms with Crippen molar-refractivity contribution in [3.63, 3.8) is 0 Å². The van der Waals surface area contributed by atoms with Crippen molar-refractivity contribution >= 4 is 36.3 Å². The van der Waals surface area contributed by atoms with Gasteiger partial charge in [-0.15, -0.1) is 0 Å². The Bertz CT molecular complexity index is 179. The van der Waals surface area contributed by atoms with E-state index in [1.807, 2.05) is 0 Å². The lowest BCUT2D eigenvalue weighted by atomic mass is 10.1. The number of hydrogen-bond donors (Lipinski definition) is 0. The number of hydrogen-bond acceptors (Lipinski definition) is 0. The minimum absolute atomic E-state index is 0.639. The van der Waals surface area contributed by atoms with Gasteiger partial charge in [0.15, 0.2) is 0 Å². The van der Waals surface area contributed by atoms with Crippen LogP contribution >= 0.6 is 18.1 Å². The van der Waals surface area contributed by atoms with Gasteiger partial charge in [-0.05, 0) is 19.3 Å². The molecule has 0 heterocycles. The Kier molecular flexibility index (Phi) is 27.0. The molecule has 0 spiro atoms. The predicted molar refractivity (Wildman–Crippen MR) is 88.3 cm³/mol. The summed E-state index contributed by atoms with van der Waals surface area (Å²) in [5.41, 5.74) is 0. The van der Waals surface area contributed by atoms with E-state index in [4.69, 9.17) is 18.1 Å². The largest absolute Gasteiger partial charge is 0.618 e. The number of rotatable bonds is 10. The van der Waals surface area contributed by atoms with Gasteiger partial charge in [0.05, 0.1) is 0 Å². The van der Waals surface area contributed by atoms with Crippen LogP contribution in [0.25, 0.3) is 0 Å². The number of unbranched alkanes of at least 4 members (excludes halogenated alkanes) is 7. The van der Waals surface area contributed by atoms with Crippen LogP contribution in [0.4, 0.5) is 0 Å². The average molecular weight is 303 g/mol. The first-order valence-electron chi connectivity index (χ1n) is 7.06. The maximum absolute atomic E-state index is 4.90. The fourth-order valence-electron chi connectivity index (χ4n) is 1.46. The van der Waals surface area contributed by atoms with Gasteiger partial charge in [0.2, 0.25) is 0 Å². The van der Waals surface area contributed by atoms with Gasteiger partial charge in [0.25, 0.3) is 0 Å². The highest BCUT2D eigenvalue weighted by molar-refractivity contribution is 7.22. The predicted octanol–water partition coefficient (Wildman–Crippen LogP) is 6.46. The van der Waals surface area contributed by atoms with Crippen LogP contribution in [0.3, 0.4) is 0 Å². The van der Waals surface area contributed by atoms with Crippen molar-refractivity contribution in [2.75, 3.05) is 0 Å². The van der Waals surface area contributed by atoms with E-state index in [-0.39, 0.29) is 0 Å². The van der Waals surface area contributed by atoms with Crippen LogP contribution in [-0.4, -0.2) is 18.2 Å². The zero-order valence-electron chi connectivity index (χ0n) is 11.8. The second-order valence-electron chi connectivity index (χ2n) is 4.16. The fourth-order valence-corrected chi connectivity index (χ4v) is 1.46. The summed E-state index contributed by atoms with van der Waals surface area (Å²) in [4.78, 5) is 0. The first-order chi connectivity index (χ1) is 8.83. The van der Waals surface area contributed by atoms with Crippen LogP contribution in [-0.2, 0) is 0 Å². The van der Waals surface area contributed by atoms with E-state index in [2.05, 4.69) is 38.2 Å². The highest BCUT2D eigenvalue weighted by Gasteiger charge is 1.85. The Labute approximate surface area is 131 Å². The zero-order valence-corrected chi connectivity index (χ0v) is 14.8. The summed E-state index contributed by atoms with van der Waals surface area (Å²) >= 11 is -0.639. The molecule has 18 heavy (non-hydrogen) atoms. The van der Waals surface area contributed by atoms with Crippen molar-refractivity contribution in [1.29, 1.82) is 0 Å². The molecule has 0 atom stereocenters. The van der Waals surface area contributed by atoms with Gasteiger partial charge in [-0.25, -0.2) is 0 Å². The summed E-state index contributed by atoms with van der Waals surface area (Å²) in [6.45, 7) is 6.08. The molecule has 103 valence electrons. The van der Waals surface area contributed by atoms with Gasteiger partial charge >= 0.3 is 18.2 Å². The van der Waals surface area contributed by atoms with Gasteiger partial charge in [-0.2, -0.15) is 0 Å². The second-order valence-corrected chi connectivity index (χ2v) is 6.78. The van der Waals surface area contributed by atoms with Crippen LogP contribution < -0.4 is 0 Å². The molecule has 0 aromatic heterocycles. The summed E-state index contributed by atoms with van der Waals surface area (Å²) in [6.07, 6.45) is 20.4. The molecular weight excluding hydrogens is 275 g/mol. The Morgan fingerprint density at radius 2 is 1.39 bits per heavy atom. The highest BCUT2D eigenvalue weighted by atomic mass is 35.6. The van der Waals surface area contributed by atoms with Crippen molar-refractivity contribution in [3.8, 4) is 0 Å². The lowest BCUT2D eigenvalue weighted by molar-refractivity contribution is 0.651. The molecule has 0 saturated heterocycles. The number of allylic oxidation sites excluding steroid dienone is 4. The van der Waals surface area contributed by atoms with Crippen LogP contribution in [0.1, 0.15) is 64.7 Å². The molecule has 0 bridgehead atoms. The fraction of sp³-hybridized carbons (Fsp3) is 0.667. The van der Waals surface area contributed by atoms with Gasteiger partial charge in [0.1, 0.15) is 0 Å². The first kappa shape index (κ1) is 21.1. The van der Waals surface area contributed by atoms with Crippen LogP contribution in [0.15, 0.2) is 24.3 Å². The minimum Gasteiger partial charge on any atom is -0.309 e. The monoisotopic (exact) mass is 301 g/mol. The normalized spacial score (nSPS) is 10.4. The maximum atomic E-state index is 4.90. The van der Waals surface area contributed by atoms with Crippen molar-refractivity contribution in [1.82, 2.24) is 0 Å². The Morgan fingerprint density at radius 3 is 1.89 bits per heavy atom. The highest BCUT2D eigenvalue weighted by Crippen LogP contribution is 2.05. The maximum Gasteiger partial charge on any atom is 0.618 e. The molecule has 0 saturated carbocycles. The molecule has 0 aliphatic rings. The van der Waals surface area contributed by atoms with E-state index in [0.29, 0.717) is 0 Å². The molecular formula is C15H27Cl2Mg. The van der Waals surface area contributed by atoms with Gasteiger partial charge in [0, 0.05) is 0 Å². The van der Waals surface area contributed by atoms with Crippen molar-refractivity contribution in [2.45, 2.75) is 64.7 Å². The molecule has 0 unspecified atom stereocenters. The molecule has 0 aliphatic carbocycles. The molecule has 3 heteroatoms. The molecule has 0 fully saturated rings. The molecule has 0 aromatic carbocycles. The Balaban J connectivity index is 0. The average Bonchev–Trinajstić information content (AvgIpc) is 2.37. The lowest BCUT2D eigenvalue weighted by Crippen LogP contribution is -1.75. The summed E-state index contributed by atoms with van der Waals surface area (Å²) < 4.78 is 0. The Hall–Kier alpha value is 0.826. The minimum atomic E-state index is -0.639. The van der Waals surface area contributed by atoms with E-state index in [0.717, 1.165) is 6.42 Å².